The van der Waals surface area contributed by atoms with E-state index in [4.69, 9.17) is 0 Å². The van der Waals surface area contributed by atoms with Crippen molar-refractivity contribution in [3.63, 3.8) is 0 Å². The number of ketones is 4. The van der Waals surface area contributed by atoms with Crippen molar-refractivity contribution < 1.29 is 19.2 Å². The van der Waals surface area contributed by atoms with E-state index in [1.165, 1.54) is 13.8 Å². The molecule has 2 aliphatic rings. The molecular weight excluding hydrogens is 232 g/mol. The Labute approximate surface area is 106 Å². The van der Waals surface area contributed by atoms with Crippen LogP contribution in [0, 0.1) is 10.8 Å². The molecule has 0 aromatic carbocycles. The minimum atomic E-state index is -1.35. The second kappa shape index (κ2) is 4.11. The second-order valence-electron chi connectivity index (χ2n) is 5.48. The maximum Gasteiger partial charge on any atom is 0.147 e. The van der Waals surface area contributed by atoms with Crippen LogP contribution in [-0.4, -0.2) is 23.1 Å². The van der Waals surface area contributed by atoms with Crippen LogP contribution < -0.4 is 0 Å². The Morgan fingerprint density at radius 1 is 0.833 bits per heavy atom. The average molecular weight is 250 g/mol. The summed E-state index contributed by atoms with van der Waals surface area (Å²) in [5.41, 5.74) is -2.71. The summed E-state index contributed by atoms with van der Waals surface area (Å²) in [6, 6.07) is 0. The molecule has 2 saturated carbocycles. The molecule has 4 nitrogen and oxygen atoms in total. The Bertz CT molecular complexity index is 409. The highest BCUT2D eigenvalue weighted by Gasteiger charge is 2.67. The first-order valence-electron chi connectivity index (χ1n) is 6.48. The topological polar surface area (TPSA) is 68.3 Å². The summed E-state index contributed by atoms with van der Waals surface area (Å²) in [4.78, 5) is 48.7. The van der Waals surface area contributed by atoms with E-state index >= 15 is 0 Å². The van der Waals surface area contributed by atoms with Crippen LogP contribution in [0.2, 0.25) is 0 Å². The average Bonchev–Trinajstić information content (AvgIpc) is 2.83. The normalized spacial score (nSPS) is 36.1. The van der Waals surface area contributed by atoms with Gasteiger partial charge in [0.15, 0.2) is 0 Å². The fourth-order valence-electron chi connectivity index (χ4n) is 3.98. The van der Waals surface area contributed by atoms with Gasteiger partial charge in [0.05, 0.1) is 0 Å². The molecule has 2 aliphatic carbocycles. The molecule has 2 fully saturated rings. The molecular formula is C14H18O4. The number of hydrogen-bond acceptors (Lipinski definition) is 4. The number of hydrogen-bond donors (Lipinski definition) is 0. The molecule has 2 atom stereocenters. The third-order valence-electron chi connectivity index (χ3n) is 4.79. The molecule has 0 spiro atoms. The van der Waals surface area contributed by atoms with Crippen molar-refractivity contribution in [2.24, 2.45) is 10.8 Å². The number of Topliss-reactive ketones (excluding diaryl/α,β-unsaturated/α-hetero) is 4. The lowest BCUT2D eigenvalue weighted by Gasteiger charge is -2.40. The van der Waals surface area contributed by atoms with Crippen molar-refractivity contribution in [3.05, 3.63) is 0 Å². The lowest BCUT2D eigenvalue weighted by molar-refractivity contribution is -0.160. The fourth-order valence-corrected chi connectivity index (χ4v) is 3.98. The molecule has 0 aliphatic heterocycles. The van der Waals surface area contributed by atoms with Gasteiger partial charge in [-0.3, -0.25) is 19.2 Å². The van der Waals surface area contributed by atoms with Crippen LogP contribution in [0.5, 0.6) is 0 Å². The van der Waals surface area contributed by atoms with Crippen LogP contribution >= 0.6 is 0 Å². The van der Waals surface area contributed by atoms with E-state index in [1.807, 2.05) is 0 Å². The van der Waals surface area contributed by atoms with Gasteiger partial charge in [-0.2, -0.15) is 0 Å². The zero-order valence-corrected chi connectivity index (χ0v) is 10.9. The van der Waals surface area contributed by atoms with Gasteiger partial charge >= 0.3 is 0 Å². The number of carbonyl (C=O) groups excluding carboxylic acids is 4. The minimum Gasteiger partial charge on any atom is -0.299 e. The van der Waals surface area contributed by atoms with Crippen molar-refractivity contribution in [2.45, 2.75) is 52.4 Å². The standard InChI is InChI=1S/C14H18O4/c1-9(15)13(7-3-5-11(13)17)14(10(2)16)8-4-6-12(14)18/h3-8H2,1-2H3. The highest BCUT2D eigenvalue weighted by atomic mass is 16.2. The fraction of sp³-hybridized carbons (Fsp3) is 0.714. The Morgan fingerprint density at radius 3 is 1.33 bits per heavy atom. The predicted molar refractivity (Wildman–Crippen MR) is 63.9 cm³/mol. The Morgan fingerprint density at radius 2 is 1.17 bits per heavy atom. The Kier molecular flexibility index (Phi) is 2.99. The lowest BCUT2D eigenvalue weighted by Crippen LogP contribution is -2.56. The molecule has 0 amide bonds. The zero-order valence-electron chi connectivity index (χ0n) is 10.9. The first-order valence-corrected chi connectivity index (χ1v) is 6.48. The van der Waals surface area contributed by atoms with Crippen LogP contribution in [0.3, 0.4) is 0 Å². The predicted octanol–water partition coefficient (Wildman–Crippen LogP) is 1.64. The van der Waals surface area contributed by atoms with E-state index in [0.29, 0.717) is 38.5 Å². The first kappa shape index (κ1) is 13.1. The Balaban J connectivity index is 2.66. The van der Waals surface area contributed by atoms with E-state index in [0.717, 1.165) is 0 Å². The third kappa shape index (κ3) is 1.32. The molecule has 0 saturated heterocycles. The van der Waals surface area contributed by atoms with Crippen LogP contribution in [-0.2, 0) is 19.2 Å². The van der Waals surface area contributed by atoms with Gasteiger partial charge in [0, 0.05) is 12.8 Å². The highest BCUT2D eigenvalue weighted by molar-refractivity contribution is 6.21. The number of rotatable bonds is 3. The van der Waals surface area contributed by atoms with Crippen molar-refractivity contribution in [1.29, 1.82) is 0 Å². The van der Waals surface area contributed by atoms with Gasteiger partial charge in [0.2, 0.25) is 0 Å². The summed E-state index contributed by atoms with van der Waals surface area (Å²) in [6.07, 6.45) is 2.52. The summed E-state index contributed by atoms with van der Waals surface area (Å²) in [5.74, 6) is -1.04. The molecule has 0 aromatic heterocycles. The lowest BCUT2D eigenvalue weighted by atomic mass is 9.56. The molecule has 2 rings (SSSR count). The number of carbonyl (C=O) groups is 4. The summed E-state index contributed by atoms with van der Waals surface area (Å²) < 4.78 is 0. The van der Waals surface area contributed by atoms with Crippen molar-refractivity contribution in [1.82, 2.24) is 0 Å². The molecule has 0 heterocycles. The molecule has 98 valence electrons. The maximum absolute atomic E-state index is 12.3. The molecule has 2 unspecified atom stereocenters. The van der Waals surface area contributed by atoms with Gasteiger partial charge in [-0.05, 0) is 39.5 Å². The van der Waals surface area contributed by atoms with E-state index in [2.05, 4.69) is 0 Å². The zero-order chi connectivity index (χ0) is 13.6. The molecule has 18 heavy (non-hydrogen) atoms. The van der Waals surface area contributed by atoms with Crippen LogP contribution in [0.25, 0.3) is 0 Å². The summed E-state index contributed by atoms with van der Waals surface area (Å²) in [5, 5.41) is 0. The molecule has 4 heteroatoms. The van der Waals surface area contributed by atoms with Gasteiger partial charge in [-0.1, -0.05) is 0 Å². The van der Waals surface area contributed by atoms with Gasteiger partial charge < -0.3 is 0 Å². The maximum atomic E-state index is 12.3. The van der Waals surface area contributed by atoms with Crippen LogP contribution in [0.15, 0.2) is 0 Å². The van der Waals surface area contributed by atoms with E-state index in [1.54, 1.807) is 0 Å². The first-order chi connectivity index (χ1) is 8.39. The quantitative estimate of drug-likeness (QED) is 0.714. The van der Waals surface area contributed by atoms with Gasteiger partial charge in [-0.15, -0.1) is 0 Å². The smallest absolute Gasteiger partial charge is 0.147 e. The molecule has 0 N–H and O–H groups in total. The van der Waals surface area contributed by atoms with Crippen molar-refractivity contribution >= 4 is 23.1 Å². The van der Waals surface area contributed by atoms with E-state index in [9.17, 15) is 19.2 Å². The summed E-state index contributed by atoms with van der Waals surface area (Å²) in [6.45, 7) is 2.69. The highest BCUT2D eigenvalue weighted by Crippen LogP contribution is 2.56. The third-order valence-corrected chi connectivity index (χ3v) is 4.79. The minimum absolute atomic E-state index is 0.208. The van der Waals surface area contributed by atoms with Gasteiger partial charge in [0.25, 0.3) is 0 Å². The largest absolute Gasteiger partial charge is 0.299 e. The SMILES string of the molecule is CC(=O)C1(C2(C(C)=O)CCCC2=O)CCCC1=O. The van der Waals surface area contributed by atoms with Crippen molar-refractivity contribution in [3.8, 4) is 0 Å². The van der Waals surface area contributed by atoms with Gasteiger partial charge in [-0.25, -0.2) is 0 Å². The van der Waals surface area contributed by atoms with Gasteiger partial charge in [0.1, 0.15) is 34.0 Å². The Hall–Kier alpha value is -1.32. The second-order valence-corrected chi connectivity index (χ2v) is 5.48. The molecule has 0 radical (unpaired) electrons. The van der Waals surface area contributed by atoms with Crippen LogP contribution in [0.1, 0.15) is 52.4 Å². The monoisotopic (exact) mass is 250 g/mol. The molecule has 0 bridgehead atoms. The summed E-state index contributed by atoms with van der Waals surface area (Å²) in [7, 11) is 0. The van der Waals surface area contributed by atoms with E-state index < -0.39 is 10.8 Å². The van der Waals surface area contributed by atoms with Crippen molar-refractivity contribution in [2.75, 3.05) is 0 Å². The van der Waals surface area contributed by atoms with Crippen LogP contribution in [0.4, 0.5) is 0 Å². The molecule has 0 aromatic rings. The van der Waals surface area contributed by atoms with E-state index in [-0.39, 0.29) is 23.1 Å². The summed E-state index contributed by atoms with van der Waals surface area (Å²) >= 11 is 0.